The second-order valence-electron chi connectivity index (χ2n) is 19.4. The van der Waals surface area contributed by atoms with Gasteiger partial charge in [-0.05, 0) is 123 Å². The fourth-order valence-corrected chi connectivity index (χ4v) is 8.78. The number of allylic oxidation sites excluding steroid dienone is 6. The Hall–Kier alpha value is -3.36. The summed E-state index contributed by atoms with van der Waals surface area (Å²) < 4.78 is 26.0. The SMILES string of the molecule is CCCCC(CCCC)COCC(C)(C)C1=CC(=CC2=C([O-])C(=Cc3cc(-c4ccc(Cl)c(Cl)c4)[o+]c(C(C)(C)COCC(CCCC)CCCC)c3)C2=O)C=C(c2ccc(Cl)c(Cl)c2)O1. The molecule has 0 radical (unpaired) electrons. The second-order valence-corrected chi connectivity index (χ2v) is 21.0. The molecule has 3 aromatic rings. The van der Waals surface area contributed by atoms with Gasteiger partial charge in [0, 0.05) is 41.4 Å². The van der Waals surface area contributed by atoms with Crippen molar-refractivity contribution in [3.63, 3.8) is 0 Å². The molecule has 66 heavy (non-hydrogen) atoms. The number of rotatable bonds is 26. The van der Waals surface area contributed by atoms with E-state index in [0.29, 0.717) is 104 Å². The minimum Gasteiger partial charge on any atom is -0.871 e. The predicted octanol–water partition coefficient (Wildman–Crippen LogP) is 16.6. The van der Waals surface area contributed by atoms with E-state index in [-0.39, 0.29) is 22.7 Å². The van der Waals surface area contributed by atoms with E-state index in [1.165, 1.54) is 25.7 Å². The summed E-state index contributed by atoms with van der Waals surface area (Å²) in [6.45, 7) is 19.4. The van der Waals surface area contributed by atoms with Crippen LogP contribution < -0.4 is 5.11 Å². The smallest absolute Gasteiger partial charge is 0.360 e. The molecule has 1 aliphatic carbocycles. The van der Waals surface area contributed by atoms with Gasteiger partial charge in [0.25, 0.3) is 0 Å². The fraction of sp³-hybridized carbons (Fsp3) is 0.500. The average Bonchev–Trinajstić information content (AvgIpc) is 3.30. The molecule has 10 heteroatoms. The van der Waals surface area contributed by atoms with E-state index in [1.807, 2.05) is 36.4 Å². The maximum absolute atomic E-state index is 14.0. The molecule has 0 atom stereocenters. The van der Waals surface area contributed by atoms with Crippen LogP contribution in [0.15, 0.2) is 99.4 Å². The van der Waals surface area contributed by atoms with Gasteiger partial charge in [-0.25, -0.2) is 4.42 Å². The quantitative estimate of drug-likeness (QED) is 0.0589. The third kappa shape index (κ3) is 14.8. The zero-order valence-electron chi connectivity index (χ0n) is 40.4. The summed E-state index contributed by atoms with van der Waals surface area (Å²) in [5.74, 6) is 2.64. The normalized spacial score (nSPS) is 15.8. The summed E-state index contributed by atoms with van der Waals surface area (Å²) in [5, 5.41) is 15.6. The number of hydrogen-bond acceptors (Lipinski definition) is 5. The largest absolute Gasteiger partial charge is 0.871 e. The van der Waals surface area contributed by atoms with Crippen molar-refractivity contribution in [2.75, 3.05) is 26.4 Å². The van der Waals surface area contributed by atoms with Gasteiger partial charge in [0.1, 0.15) is 16.9 Å². The van der Waals surface area contributed by atoms with Gasteiger partial charge in [0.05, 0.1) is 44.9 Å². The predicted molar refractivity (Wildman–Crippen MR) is 274 cm³/mol. The molecule has 1 aromatic heterocycles. The molecule has 2 aliphatic rings. The highest BCUT2D eigenvalue weighted by molar-refractivity contribution is 6.42. The van der Waals surface area contributed by atoms with Crippen LogP contribution in [-0.4, -0.2) is 32.2 Å². The number of Topliss-reactive ketones (excluding diaryl/α,β-unsaturated/α-hetero) is 1. The van der Waals surface area contributed by atoms with Gasteiger partial charge in [0.15, 0.2) is 5.78 Å². The lowest BCUT2D eigenvalue weighted by Crippen LogP contribution is -2.29. The summed E-state index contributed by atoms with van der Waals surface area (Å²) in [6.07, 6.45) is 21.0. The first-order chi connectivity index (χ1) is 31.5. The Morgan fingerprint density at radius 3 is 1.70 bits per heavy atom. The Bertz CT molecular complexity index is 2280. The number of carbonyl (C=O) groups is 1. The third-order valence-electron chi connectivity index (χ3n) is 12.5. The monoisotopic (exact) mass is 978 g/mol. The molecule has 2 heterocycles. The van der Waals surface area contributed by atoms with Gasteiger partial charge >= 0.3 is 11.5 Å². The van der Waals surface area contributed by atoms with Crippen molar-refractivity contribution in [1.29, 1.82) is 0 Å². The molecule has 0 spiro atoms. The molecule has 0 N–H and O–H groups in total. The molecule has 0 bridgehead atoms. The molecular formula is C56H70Cl4O6. The molecule has 358 valence electrons. The van der Waals surface area contributed by atoms with Crippen LogP contribution in [-0.2, 0) is 24.4 Å². The third-order valence-corrected chi connectivity index (χ3v) is 13.9. The molecule has 0 fully saturated rings. The number of unbranched alkanes of at least 4 members (excludes halogenated alkanes) is 4. The standard InChI is InChI=1S/C56H70Cl4O6/c1-9-13-17-37(18-14-10-2)33-63-35-55(5,6)51-29-39(27-49(65-51)41-21-23-45(57)47(59)31-41)25-43-53(61)44(54(43)62)26-40-28-50(42-22-24-46(58)48(60)32-42)66-52(30-40)56(7,8)36-64-34-38(19-15-11-3)20-16-12-4/h21-32,37-38H,9-20,33-36H2,1-8H3. The molecule has 2 aromatic carbocycles. The lowest BCUT2D eigenvalue weighted by molar-refractivity contribution is -0.300. The molecule has 5 rings (SSSR count). The highest BCUT2D eigenvalue weighted by Gasteiger charge is 2.36. The maximum Gasteiger partial charge on any atom is 0.360 e. The van der Waals surface area contributed by atoms with Crippen molar-refractivity contribution >= 4 is 64.0 Å². The lowest BCUT2D eigenvalue weighted by Gasteiger charge is -2.32. The first kappa shape index (κ1) is 53.6. The zero-order valence-corrected chi connectivity index (χ0v) is 43.4. The first-order valence-corrected chi connectivity index (χ1v) is 25.6. The van der Waals surface area contributed by atoms with Crippen LogP contribution >= 0.6 is 46.4 Å². The van der Waals surface area contributed by atoms with Gasteiger partial charge in [0.2, 0.25) is 0 Å². The molecule has 0 amide bonds. The first-order valence-electron chi connectivity index (χ1n) is 24.1. The Morgan fingerprint density at radius 2 is 1.18 bits per heavy atom. The van der Waals surface area contributed by atoms with Gasteiger partial charge in [-0.2, -0.15) is 0 Å². The fourth-order valence-electron chi connectivity index (χ4n) is 8.19. The van der Waals surface area contributed by atoms with Crippen LogP contribution in [0.5, 0.6) is 0 Å². The highest BCUT2D eigenvalue weighted by atomic mass is 35.5. The molecule has 1 aliphatic heterocycles. The van der Waals surface area contributed by atoms with Crippen LogP contribution in [0.2, 0.25) is 20.1 Å². The number of ether oxygens (including phenoxy) is 3. The Labute approximate surface area is 415 Å². The van der Waals surface area contributed by atoms with Crippen LogP contribution in [0.1, 0.15) is 149 Å². The number of halogens is 4. The van der Waals surface area contributed by atoms with Crippen LogP contribution in [0.25, 0.3) is 23.2 Å². The van der Waals surface area contributed by atoms with Crippen LogP contribution in [0.4, 0.5) is 0 Å². The van der Waals surface area contributed by atoms with E-state index in [1.54, 1.807) is 36.4 Å². The van der Waals surface area contributed by atoms with E-state index >= 15 is 0 Å². The summed E-state index contributed by atoms with van der Waals surface area (Å²) >= 11 is 25.5. The lowest BCUT2D eigenvalue weighted by atomic mass is 9.83. The molecular weight excluding hydrogens is 910 g/mol. The minimum atomic E-state index is -0.551. The molecule has 0 saturated carbocycles. The van der Waals surface area contributed by atoms with E-state index in [9.17, 15) is 9.90 Å². The van der Waals surface area contributed by atoms with Crippen molar-refractivity contribution in [2.45, 2.75) is 138 Å². The van der Waals surface area contributed by atoms with E-state index in [4.69, 9.17) is 65.0 Å². The molecule has 0 saturated heterocycles. The molecule has 0 unspecified atom stereocenters. The van der Waals surface area contributed by atoms with Gasteiger partial charge < -0.3 is 19.3 Å². The van der Waals surface area contributed by atoms with Gasteiger partial charge in [-0.3, -0.25) is 4.79 Å². The van der Waals surface area contributed by atoms with E-state index in [0.717, 1.165) is 51.4 Å². The Balaban J connectivity index is 1.48. The van der Waals surface area contributed by atoms with Crippen LogP contribution in [0.3, 0.4) is 0 Å². The van der Waals surface area contributed by atoms with E-state index in [2.05, 4.69) is 55.4 Å². The number of benzene rings is 2. The Kier molecular flexibility index (Phi) is 20.5. The summed E-state index contributed by atoms with van der Waals surface area (Å²) in [4.78, 5) is 14.0. The summed E-state index contributed by atoms with van der Waals surface area (Å²) in [6, 6.07) is 14.3. The average molecular weight is 981 g/mol. The Morgan fingerprint density at radius 1 is 0.667 bits per heavy atom. The van der Waals surface area contributed by atoms with Gasteiger partial charge in [-0.1, -0.05) is 145 Å². The van der Waals surface area contributed by atoms with Crippen molar-refractivity contribution in [1.82, 2.24) is 0 Å². The van der Waals surface area contributed by atoms with Crippen molar-refractivity contribution in [2.24, 2.45) is 17.3 Å². The van der Waals surface area contributed by atoms with Crippen molar-refractivity contribution < 1.29 is 28.5 Å². The van der Waals surface area contributed by atoms with Crippen molar-refractivity contribution in [3.05, 3.63) is 132 Å². The summed E-state index contributed by atoms with van der Waals surface area (Å²) in [5.41, 5.74) is 1.76. The summed E-state index contributed by atoms with van der Waals surface area (Å²) in [7, 11) is 0. The topological polar surface area (TPSA) is 79.1 Å². The van der Waals surface area contributed by atoms with Gasteiger partial charge in [-0.15, -0.1) is 0 Å². The highest BCUT2D eigenvalue weighted by Crippen LogP contribution is 2.41. The number of carbonyl (C=O) groups excluding carboxylic acids is 1. The molecule has 6 nitrogen and oxygen atoms in total. The number of hydrogen-bond donors (Lipinski definition) is 0. The zero-order chi connectivity index (χ0) is 48.0. The van der Waals surface area contributed by atoms with Crippen molar-refractivity contribution in [3.8, 4) is 11.3 Å². The number of ketones is 1. The van der Waals surface area contributed by atoms with E-state index < -0.39 is 10.8 Å². The minimum absolute atomic E-state index is 0.0854. The van der Waals surface area contributed by atoms with Crippen LogP contribution in [0, 0.1) is 17.3 Å². The second kappa shape index (κ2) is 25.3. The maximum atomic E-state index is 14.0.